The van der Waals surface area contributed by atoms with Gasteiger partial charge in [-0.1, -0.05) is 25.4 Å². The minimum Gasteiger partial charge on any atom is -0.388 e. The standard InChI is InChI=1S/C11H17ClN2O/c1-3-11(15,4-2)8-14-10-6-5-9(12)7-13-10/h5-7,15H,3-4,8H2,1-2H3,(H,13,14). The Bertz CT molecular complexity index is 296. The van der Waals surface area contributed by atoms with Crippen LogP contribution in [0.15, 0.2) is 18.3 Å². The average Bonchev–Trinajstić information content (AvgIpc) is 2.28. The largest absolute Gasteiger partial charge is 0.388 e. The zero-order valence-electron chi connectivity index (χ0n) is 9.13. The Balaban J connectivity index is 2.53. The third-order valence-corrected chi connectivity index (χ3v) is 2.87. The second-order valence-electron chi connectivity index (χ2n) is 3.65. The number of pyridine rings is 1. The first-order valence-corrected chi connectivity index (χ1v) is 5.55. The lowest BCUT2D eigenvalue weighted by Gasteiger charge is -2.25. The molecule has 15 heavy (non-hydrogen) atoms. The summed E-state index contributed by atoms with van der Waals surface area (Å²) in [5.74, 6) is 0.736. The Morgan fingerprint density at radius 3 is 2.53 bits per heavy atom. The molecule has 0 saturated carbocycles. The predicted octanol–water partition coefficient (Wildman–Crippen LogP) is 2.70. The molecule has 0 unspecified atom stereocenters. The molecule has 1 rings (SSSR count). The zero-order chi connectivity index (χ0) is 11.3. The highest BCUT2D eigenvalue weighted by Gasteiger charge is 2.21. The number of anilines is 1. The monoisotopic (exact) mass is 228 g/mol. The molecule has 0 fully saturated rings. The van der Waals surface area contributed by atoms with Crippen LogP contribution in [0.3, 0.4) is 0 Å². The smallest absolute Gasteiger partial charge is 0.126 e. The number of aliphatic hydroxyl groups is 1. The Kier molecular flexibility index (Phi) is 4.36. The van der Waals surface area contributed by atoms with Gasteiger partial charge in [-0.05, 0) is 25.0 Å². The van der Waals surface area contributed by atoms with Crippen LogP contribution < -0.4 is 5.32 Å². The molecule has 4 heteroatoms. The van der Waals surface area contributed by atoms with Gasteiger partial charge in [-0.25, -0.2) is 4.98 Å². The Hall–Kier alpha value is -0.800. The molecule has 0 aromatic carbocycles. The molecular weight excluding hydrogens is 212 g/mol. The van der Waals surface area contributed by atoms with Crippen molar-refractivity contribution in [2.24, 2.45) is 0 Å². The van der Waals surface area contributed by atoms with E-state index in [0.717, 1.165) is 18.7 Å². The first-order chi connectivity index (χ1) is 7.09. The Morgan fingerprint density at radius 1 is 1.40 bits per heavy atom. The number of halogens is 1. The molecule has 0 atom stereocenters. The van der Waals surface area contributed by atoms with E-state index in [1.807, 2.05) is 13.8 Å². The topological polar surface area (TPSA) is 45.1 Å². The molecule has 0 saturated heterocycles. The number of hydrogen-bond acceptors (Lipinski definition) is 3. The van der Waals surface area contributed by atoms with Gasteiger partial charge in [-0.2, -0.15) is 0 Å². The van der Waals surface area contributed by atoms with Crippen molar-refractivity contribution < 1.29 is 5.11 Å². The van der Waals surface area contributed by atoms with E-state index >= 15 is 0 Å². The number of aromatic nitrogens is 1. The summed E-state index contributed by atoms with van der Waals surface area (Å²) in [7, 11) is 0. The first-order valence-electron chi connectivity index (χ1n) is 5.17. The highest BCUT2D eigenvalue weighted by atomic mass is 35.5. The molecular formula is C11H17ClN2O. The number of rotatable bonds is 5. The van der Waals surface area contributed by atoms with Crippen LogP contribution in [0.4, 0.5) is 5.82 Å². The van der Waals surface area contributed by atoms with Crippen LogP contribution in [0.5, 0.6) is 0 Å². The summed E-state index contributed by atoms with van der Waals surface area (Å²) in [4.78, 5) is 4.10. The summed E-state index contributed by atoms with van der Waals surface area (Å²) >= 11 is 5.72. The van der Waals surface area contributed by atoms with Gasteiger partial charge in [0.05, 0.1) is 10.6 Å². The zero-order valence-corrected chi connectivity index (χ0v) is 9.88. The third-order valence-electron chi connectivity index (χ3n) is 2.64. The molecule has 0 aliphatic rings. The van der Waals surface area contributed by atoms with Crippen LogP contribution in [0.25, 0.3) is 0 Å². The second-order valence-corrected chi connectivity index (χ2v) is 4.08. The van der Waals surface area contributed by atoms with Gasteiger partial charge in [0.1, 0.15) is 5.82 Å². The van der Waals surface area contributed by atoms with E-state index in [4.69, 9.17) is 11.6 Å². The van der Waals surface area contributed by atoms with Gasteiger partial charge in [0.15, 0.2) is 0 Å². The molecule has 1 heterocycles. The summed E-state index contributed by atoms with van der Waals surface area (Å²) in [5, 5.41) is 13.7. The molecule has 0 aliphatic carbocycles. The molecule has 0 bridgehead atoms. The van der Waals surface area contributed by atoms with Crippen LogP contribution in [0.2, 0.25) is 5.02 Å². The van der Waals surface area contributed by atoms with Gasteiger partial charge in [-0.15, -0.1) is 0 Å². The normalized spacial score (nSPS) is 11.5. The van der Waals surface area contributed by atoms with Crippen molar-refractivity contribution in [2.75, 3.05) is 11.9 Å². The van der Waals surface area contributed by atoms with Crippen LogP contribution in [0.1, 0.15) is 26.7 Å². The van der Waals surface area contributed by atoms with Crippen molar-refractivity contribution >= 4 is 17.4 Å². The van der Waals surface area contributed by atoms with E-state index in [1.54, 1.807) is 18.3 Å². The molecule has 3 nitrogen and oxygen atoms in total. The maximum Gasteiger partial charge on any atom is 0.126 e. The fourth-order valence-electron chi connectivity index (χ4n) is 1.24. The van der Waals surface area contributed by atoms with Crippen molar-refractivity contribution in [1.29, 1.82) is 0 Å². The van der Waals surface area contributed by atoms with E-state index in [2.05, 4.69) is 10.3 Å². The van der Waals surface area contributed by atoms with Crippen LogP contribution >= 0.6 is 11.6 Å². The average molecular weight is 229 g/mol. The lowest BCUT2D eigenvalue weighted by molar-refractivity contribution is 0.0456. The van der Waals surface area contributed by atoms with E-state index in [0.29, 0.717) is 11.6 Å². The number of nitrogens with zero attached hydrogens (tertiary/aromatic N) is 1. The highest BCUT2D eigenvalue weighted by Crippen LogP contribution is 2.16. The van der Waals surface area contributed by atoms with Crippen molar-refractivity contribution in [3.63, 3.8) is 0 Å². The van der Waals surface area contributed by atoms with Gasteiger partial charge >= 0.3 is 0 Å². The lowest BCUT2D eigenvalue weighted by Crippen LogP contribution is -2.35. The van der Waals surface area contributed by atoms with Crippen molar-refractivity contribution in [1.82, 2.24) is 4.98 Å². The van der Waals surface area contributed by atoms with Gasteiger partial charge < -0.3 is 10.4 Å². The molecule has 2 N–H and O–H groups in total. The summed E-state index contributed by atoms with van der Waals surface area (Å²) < 4.78 is 0. The summed E-state index contributed by atoms with van der Waals surface area (Å²) in [6.07, 6.45) is 3.04. The molecule has 84 valence electrons. The minimum atomic E-state index is -0.651. The minimum absolute atomic E-state index is 0.509. The van der Waals surface area contributed by atoms with Crippen LogP contribution in [0, 0.1) is 0 Å². The molecule has 0 radical (unpaired) electrons. The van der Waals surface area contributed by atoms with E-state index in [1.165, 1.54) is 0 Å². The summed E-state index contributed by atoms with van der Waals surface area (Å²) in [6.45, 7) is 4.45. The lowest BCUT2D eigenvalue weighted by atomic mass is 9.98. The first kappa shape index (κ1) is 12.3. The number of hydrogen-bond donors (Lipinski definition) is 2. The van der Waals surface area contributed by atoms with E-state index in [-0.39, 0.29) is 0 Å². The molecule has 0 spiro atoms. The van der Waals surface area contributed by atoms with Crippen molar-refractivity contribution in [2.45, 2.75) is 32.3 Å². The number of nitrogens with one attached hydrogen (secondary N) is 1. The van der Waals surface area contributed by atoms with Crippen LogP contribution in [-0.2, 0) is 0 Å². The molecule has 1 aromatic heterocycles. The molecule has 0 aliphatic heterocycles. The summed E-state index contributed by atoms with van der Waals surface area (Å²) in [5.41, 5.74) is -0.651. The predicted molar refractivity (Wildman–Crippen MR) is 63.3 cm³/mol. The van der Waals surface area contributed by atoms with Crippen LogP contribution in [-0.4, -0.2) is 22.2 Å². The Morgan fingerprint density at radius 2 is 2.07 bits per heavy atom. The molecule has 0 amide bonds. The maximum absolute atomic E-state index is 10.0. The van der Waals surface area contributed by atoms with E-state index < -0.39 is 5.60 Å². The Labute approximate surface area is 95.5 Å². The van der Waals surface area contributed by atoms with E-state index in [9.17, 15) is 5.11 Å². The van der Waals surface area contributed by atoms with Gasteiger partial charge in [0.2, 0.25) is 0 Å². The second kappa shape index (κ2) is 5.33. The van der Waals surface area contributed by atoms with Gasteiger partial charge in [-0.3, -0.25) is 0 Å². The molecule has 1 aromatic rings. The SMILES string of the molecule is CCC(O)(CC)CNc1ccc(Cl)cn1. The third kappa shape index (κ3) is 3.68. The highest BCUT2D eigenvalue weighted by molar-refractivity contribution is 6.30. The van der Waals surface area contributed by atoms with Gasteiger partial charge in [0, 0.05) is 12.7 Å². The van der Waals surface area contributed by atoms with Crippen molar-refractivity contribution in [3.8, 4) is 0 Å². The fourth-order valence-corrected chi connectivity index (χ4v) is 1.35. The van der Waals surface area contributed by atoms with Crippen molar-refractivity contribution in [3.05, 3.63) is 23.4 Å². The van der Waals surface area contributed by atoms with Gasteiger partial charge in [0.25, 0.3) is 0 Å². The quantitative estimate of drug-likeness (QED) is 0.815. The maximum atomic E-state index is 10.0. The fraction of sp³-hybridized carbons (Fsp3) is 0.545. The summed E-state index contributed by atoms with van der Waals surface area (Å²) in [6, 6.07) is 3.57.